The molecule has 0 radical (unpaired) electrons. The van der Waals surface area contributed by atoms with E-state index in [1.54, 1.807) is 18.2 Å². The average molecular weight is 352 g/mol. The number of benzene rings is 2. The number of hydrogen-bond donors (Lipinski definition) is 1. The molecule has 0 unspecified atom stereocenters. The summed E-state index contributed by atoms with van der Waals surface area (Å²) in [6, 6.07) is 17.5. The Morgan fingerprint density at radius 3 is 2.56 bits per heavy atom. The van der Waals surface area contributed by atoms with Gasteiger partial charge in [-0.05, 0) is 29.8 Å². The van der Waals surface area contributed by atoms with Crippen molar-refractivity contribution in [2.24, 2.45) is 0 Å². The minimum absolute atomic E-state index is 0.0449. The SMILES string of the molecule is N#CCN(Cc1ccccc1)S(=O)(=O)c1ccc(N)c2cccnc12. The van der Waals surface area contributed by atoms with E-state index in [1.807, 2.05) is 36.4 Å². The van der Waals surface area contributed by atoms with Gasteiger partial charge in [-0.2, -0.15) is 9.57 Å². The number of nitrogens with two attached hydrogens (primary N) is 1. The number of nitrogens with zero attached hydrogens (tertiary/aromatic N) is 3. The number of pyridine rings is 1. The molecule has 3 rings (SSSR count). The third kappa shape index (κ3) is 3.31. The van der Waals surface area contributed by atoms with Crippen molar-refractivity contribution in [3.8, 4) is 6.07 Å². The zero-order chi connectivity index (χ0) is 17.9. The smallest absolute Gasteiger partial charge is 0.246 e. The maximum Gasteiger partial charge on any atom is 0.246 e. The standard InChI is InChI=1S/C18H16N4O2S/c19-10-12-22(13-14-5-2-1-3-6-14)25(23,24)17-9-8-16(20)15-7-4-11-21-18(15)17/h1-9,11H,12-13,20H2. The lowest BCUT2D eigenvalue weighted by Crippen LogP contribution is -2.31. The molecule has 25 heavy (non-hydrogen) atoms. The molecule has 0 aliphatic heterocycles. The fraction of sp³-hybridized carbons (Fsp3) is 0.111. The van der Waals surface area contributed by atoms with Gasteiger partial charge < -0.3 is 5.73 Å². The lowest BCUT2D eigenvalue weighted by Gasteiger charge is -2.20. The third-order valence-corrected chi connectivity index (χ3v) is 5.66. The Bertz CT molecular complexity index is 1040. The minimum atomic E-state index is -3.91. The van der Waals surface area contributed by atoms with Crippen LogP contribution in [-0.2, 0) is 16.6 Å². The number of hydrogen-bond acceptors (Lipinski definition) is 5. The van der Waals surface area contributed by atoms with Crippen LogP contribution in [0.5, 0.6) is 0 Å². The van der Waals surface area contributed by atoms with Gasteiger partial charge in [-0.1, -0.05) is 30.3 Å². The molecule has 3 aromatic rings. The van der Waals surface area contributed by atoms with Crippen LogP contribution in [0.1, 0.15) is 5.56 Å². The molecule has 0 atom stereocenters. The van der Waals surface area contributed by atoms with Crippen LogP contribution in [0.3, 0.4) is 0 Å². The monoisotopic (exact) mass is 352 g/mol. The molecule has 0 saturated carbocycles. The van der Waals surface area contributed by atoms with Crippen LogP contribution in [0.4, 0.5) is 5.69 Å². The molecular formula is C18H16N4O2S. The predicted octanol–water partition coefficient (Wildman–Crippen LogP) is 2.53. The fourth-order valence-corrected chi connectivity index (χ4v) is 4.08. The van der Waals surface area contributed by atoms with Gasteiger partial charge in [0.25, 0.3) is 0 Å². The molecule has 0 amide bonds. The number of anilines is 1. The Labute approximate surface area is 146 Å². The van der Waals surface area contributed by atoms with Gasteiger partial charge in [0.05, 0.1) is 11.6 Å². The number of nitrogen functional groups attached to an aromatic ring is 1. The van der Waals surface area contributed by atoms with Gasteiger partial charge in [-0.25, -0.2) is 8.42 Å². The van der Waals surface area contributed by atoms with Gasteiger partial charge in [0.15, 0.2) is 0 Å². The van der Waals surface area contributed by atoms with E-state index in [1.165, 1.54) is 12.3 Å². The van der Waals surface area contributed by atoms with Crippen LogP contribution in [0.2, 0.25) is 0 Å². The highest BCUT2D eigenvalue weighted by Gasteiger charge is 2.27. The largest absolute Gasteiger partial charge is 0.398 e. The number of sulfonamides is 1. The molecule has 0 aliphatic rings. The highest BCUT2D eigenvalue weighted by molar-refractivity contribution is 7.89. The molecule has 1 heterocycles. The Morgan fingerprint density at radius 1 is 1.08 bits per heavy atom. The normalized spacial score (nSPS) is 11.5. The van der Waals surface area contributed by atoms with Crippen molar-refractivity contribution in [2.75, 3.05) is 12.3 Å². The van der Waals surface area contributed by atoms with E-state index in [2.05, 4.69) is 4.98 Å². The summed E-state index contributed by atoms with van der Waals surface area (Å²) in [4.78, 5) is 4.23. The van der Waals surface area contributed by atoms with E-state index in [4.69, 9.17) is 11.0 Å². The summed E-state index contributed by atoms with van der Waals surface area (Å²) >= 11 is 0. The van der Waals surface area contributed by atoms with Gasteiger partial charge in [0, 0.05) is 23.8 Å². The first-order valence-corrected chi connectivity index (χ1v) is 9.02. The van der Waals surface area contributed by atoms with E-state index in [0.29, 0.717) is 16.6 Å². The second-order valence-corrected chi connectivity index (χ2v) is 7.38. The van der Waals surface area contributed by atoms with Gasteiger partial charge in [-0.15, -0.1) is 0 Å². The van der Waals surface area contributed by atoms with E-state index in [-0.39, 0.29) is 18.0 Å². The topological polar surface area (TPSA) is 100 Å². The fourth-order valence-electron chi connectivity index (χ4n) is 2.61. The summed E-state index contributed by atoms with van der Waals surface area (Å²) in [5.74, 6) is 0. The summed E-state index contributed by atoms with van der Waals surface area (Å²) in [5.41, 5.74) is 7.49. The zero-order valence-corrected chi connectivity index (χ0v) is 14.1. The number of fused-ring (bicyclic) bond motifs is 1. The summed E-state index contributed by atoms with van der Waals surface area (Å²) in [5, 5.41) is 9.66. The molecule has 2 N–H and O–H groups in total. The maximum atomic E-state index is 13.1. The molecule has 0 spiro atoms. The minimum Gasteiger partial charge on any atom is -0.398 e. The summed E-state index contributed by atoms with van der Waals surface area (Å²) in [6.07, 6.45) is 1.52. The zero-order valence-electron chi connectivity index (χ0n) is 13.3. The van der Waals surface area contributed by atoms with Crippen LogP contribution in [0, 0.1) is 11.3 Å². The number of nitriles is 1. The maximum absolute atomic E-state index is 13.1. The second-order valence-electron chi connectivity index (χ2n) is 5.47. The Hall–Kier alpha value is -2.95. The molecule has 1 aromatic heterocycles. The van der Waals surface area contributed by atoms with Crippen LogP contribution in [0.25, 0.3) is 10.9 Å². The quantitative estimate of drug-likeness (QED) is 0.562. The molecule has 0 aliphatic carbocycles. The van der Waals surface area contributed by atoms with E-state index < -0.39 is 10.0 Å². The van der Waals surface area contributed by atoms with Crippen LogP contribution < -0.4 is 5.73 Å². The first kappa shape index (κ1) is 16.9. The molecular weight excluding hydrogens is 336 g/mol. The summed E-state index contributed by atoms with van der Waals surface area (Å²) in [6.45, 7) is -0.147. The predicted molar refractivity (Wildman–Crippen MR) is 95.8 cm³/mol. The first-order valence-electron chi connectivity index (χ1n) is 7.58. The highest BCUT2D eigenvalue weighted by Crippen LogP contribution is 2.28. The molecule has 2 aromatic carbocycles. The Balaban J connectivity index is 2.10. The van der Waals surface area contributed by atoms with Gasteiger partial charge in [0.2, 0.25) is 10.0 Å². The molecule has 0 saturated heterocycles. The van der Waals surface area contributed by atoms with Crippen molar-refractivity contribution in [2.45, 2.75) is 11.4 Å². The van der Waals surface area contributed by atoms with Crippen molar-refractivity contribution < 1.29 is 8.42 Å². The lowest BCUT2D eigenvalue weighted by molar-refractivity contribution is 0.442. The van der Waals surface area contributed by atoms with Crippen molar-refractivity contribution >= 4 is 26.6 Å². The van der Waals surface area contributed by atoms with Gasteiger partial charge in [0.1, 0.15) is 11.4 Å². The van der Waals surface area contributed by atoms with E-state index in [9.17, 15) is 8.42 Å². The van der Waals surface area contributed by atoms with Crippen LogP contribution in [0.15, 0.2) is 65.7 Å². The third-order valence-electron chi connectivity index (χ3n) is 3.83. The van der Waals surface area contributed by atoms with Crippen molar-refractivity contribution in [3.63, 3.8) is 0 Å². The van der Waals surface area contributed by atoms with Crippen molar-refractivity contribution in [1.29, 1.82) is 5.26 Å². The highest BCUT2D eigenvalue weighted by atomic mass is 32.2. The van der Waals surface area contributed by atoms with E-state index >= 15 is 0 Å². The Kier molecular flexibility index (Phi) is 4.65. The second kappa shape index (κ2) is 6.89. The molecule has 126 valence electrons. The molecule has 7 heteroatoms. The van der Waals surface area contributed by atoms with Crippen molar-refractivity contribution in [3.05, 3.63) is 66.4 Å². The summed E-state index contributed by atoms with van der Waals surface area (Å²) in [7, 11) is -3.91. The van der Waals surface area contributed by atoms with Crippen LogP contribution >= 0.6 is 0 Å². The average Bonchev–Trinajstić information content (AvgIpc) is 2.62. The lowest BCUT2D eigenvalue weighted by atomic mass is 10.2. The molecule has 0 fully saturated rings. The first-order chi connectivity index (χ1) is 12.0. The van der Waals surface area contributed by atoms with Crippen LogP contribution in [-0.4, -0.2) is 24.3 Å². The molecule has 6 nitrogen and oxygen atoms in total. The number of aromatic nitrogens is 1. The van der Waals surface area contributed by atoms with E-state index in [0.717, 1.165) is 9.87 Å². The number of rotatable bonds is 5. The Morgan fingerprint density at radius 2 is 1.84 bits per heavy atom. The molecule has 0 bridgehead atoms. The van der Waals surface area contributed by atoms with Gasteiger partial charge >= 0.3 is 0 Å². The van der Waals surface area contributed by atoms with Gasteiger partial charge in [-0.3, -0.25) is 4.98 Å². The summed E-state index contributed by atoms with van der Waals surface area (Å²) < 4.78 is 27.4. The van der Waals surface area contributed by atoms with Crippen molar-refractivity contribution in [1.82, 2.24) is 9.29 Å².